The number of hydrogen-bond donors (Lipinski definition) is 1. The van der Waals surface area contributed by atoms with Crippen molar-refractivity contribution < 1.29 is 0 Å². The van der Waals surface area contributed by atoms with Crippen LogP contribution >= 0.6 is 22.6 Å². The van der Waals surface area contributed by atoms with Gasteiger partial charge in [0.15, 0.2) is 0 Å². The van der Waals surface area contributed by atoms with Gasteiger partial charge in [-0.25, -0.2) is 4.52 Å². The smallest absolute Gasteiger partial charge is 0.0711 e. The van der Waals surface area contributed by atoms with Gasteiger partial charge < -0.3 is 5.32 Å². The molecule has 19 heavy (non-hydrogen) atoms. The summed E-state index contributed by atoms with van der Waals surface area (Å²) in [7, 11) is 0. The van der Waals surface area contributed by atoms with Crippen LogP contribution in [0, 0.1) is 10.5 Å². The number of aromatic nitrogens is 2. The van der Waals surface area contributed by atoms with Gasteiger partial charge in [-0.05, 0) is 59.3 Å². The molecule has 0 unspecified atom stereocenters. The molecule has 2 aromatic heterocycles. The number of nitrogens with one attached hydrogen (secondary N) is 1. The van der Waals surface area contributed by atoms with Crippen LogP contribution in [0.25, 0.3) is 5.52 Å². The SMILES string of the molecule is Cc1ccc(NCc2cnn3ccccc23)cc1I. The van der Waals surface area contributed by atoms with Crippen LogP contribution in [-0.4, -0.2) is 9.61 Å². The summed E-state index contributed by atoms with van der Waals surface area (Å²) in [5.74, 6) is 0. The Hall–Kier alpha value is -1.56. The third-order valence-corrected chi connectivity index (χ3v) is 4.32. The molecular formula is C15H14IN3. The van der Waals surface area contributed by atoms with E-state index in [1.54, 1.807) is 0 Å². The molecule has 0 fully saturated rings. The first-order chi connectivity index (χ1) is 9.24. The first-order valence-electron chi connectivity index (χ1n) is 6.15. The van der Waals surface area contributed by atoms with Gasteiger partial charge in [0.2, 0.25) is 0 Å². The number of aryl methyl sites for hydroxylation is 1. The highest BCUT2D eigenvalue weighted by Gasteiger charge is 2.03. The Bertz CT molecular complexity index is 718. The lowest BCUT2D eigenvalue weighted by molar-refractivity contribution is 0.961. The van der Waals surface area contributed by atoms with Crippen LogP contribution in [0.15, 0.2) is 48.8 Å². The van der Waals surface area contributed by atoms with E-state index in [2.05, 4.69) is 64.2 Å². The zero-order chi connectivity index (χ0) is 13.2. The molecule has 0 atom stereocenters. The third-order valence-electron chi connectivity index (χ3n) is 3.16. The second kappa shape index (κ2) is 5.21. The van der Waals surface area contributed by atoms with Crippen molar-refractivity contribution in [2.75, 3.05) is 5.32 Å². The maximum absolute atomic E-state index is 4.34. The van der Waals surface area contributed by atoms with E-state index in [0.717, 1.165) is 17.7 Å². The van der Waals surface area contributed by atoms with Crippen LogP contribution in [-0.2, 0) is 6.54 Å². The van der Waals surface area contributed by atoms with E-state index in [-0.39, 0.29) is 0 Å². The number of fused-ring (bicyclic) bond motifs is 1. The van der Waals surface area contributed by atoms with Crippen molar-refractivity contribution in [1.29, 1.82) is 0 Å². The highest BCUT2D eigenvalue weighted by molar-refractivity contribution is 14.1. The third kappa shape index (κ3) is 2.58. The topological polar surface area (TPSA) is 29.3 Å². The van der Waals surface area contributed by atoms with E-state index in [9.17, 15) is 0 Å². The van der Waals surface area contributed by atoms with Crippen molar-refractivity contribution in [3.63, 3.8) is 0 Å². The highest BCUT2D eigenvalue weighted by Crippen LogP contribution is 2.18. The van der Waals surface area contributed by atoms with E-state index in [4.69, 9.17) is 0 Å². The van der Waals surface area contributed by atoms with Gasteiger partial charge in [0, 0.05) is 27.6 Å². The molecule has 0 aliphatic heterocycles. The van der Waals surface area contributed by atoms with Gasteiger partial charge in [-0.2, -0.15) is 5.10 Å². The molecule has 3 rings (SSSR count). The lowest BCUT2D eigenvalue weighted by atomic mass is 10.2. The first kappa shape index (κ1) is 12.5. The van der Waals surface area contributed by atoms with Gasteiger partial charge in [-0.15, -0.1) is 0 Å². The fourth-order valence-electron chi connectivity index (χ4n) is 2.02. The standard InChI is InChI=1S/C15H14IN3/c1-11-5-6-13(8-14(11)16)17-9-12-10-18-19-7-3-2-4-15(12)19/h2-8,10,17H,9H2,1H3. The minimum atomic E-state index is 0.784. The molecule has 0 saturated carbocycles. The summed E-state index contributed by atoms with van der Waals surface area (Å²) in [6.07, 6.45) is 3.88. The number of rotatable bonds is 3. The average Bonchev–Trinajstić information content (AvgIpc) is 2.83. The van der Waals surface area contributed by atoms with Crippen LogP contribution in [0.1, 0.15) is 11.1 Å². The Morgan fingerprint density at radius 2 is 2.16 bits per heavy atom. The minimum absolute atomic E-state index is 0.784. The lowest BCUT2D eigenvalue weighted by Gasteiger charge is -2.07. The molecule has 0 aliphatic carbocycles. The van der Waals surface area contributed by atoms with E-state index in [0.29, 0.717) is 0 Å². The largest absolute Gasteiger partial charge is 0.381 e. The predicted molar refractivity (Wildman–Crippen MR) is 86.4 cm³/mol. The minimum Gasteiger partial charge on any atom is -0.381 e. The second-order valence-corrected chi connectivity index (χ2v) is 5.68. The summed E-state index contributed by atoms with van der Waals surface area (Å²) in [4.78, 5) is 0. The maximum atomic E-state index is 4.34. The Morgan fingerprint density at radius 1 is 1.26 bits per heavy atom. The van der Waals surface area contributed by atoms with Gasteiger partial charge in [0.1, 0.15) is 0 Å². The molecule has 3 nitrogen and oxygen atoms in total. The highest BCUT2D eigenvalue weighted by atomic mass is 127. The average molecular weight is 363 g/mol. The molecule has 2 heterocycles. The summed E-state index contributed by atoms with van der Waals surface area (Å²) >= 11 is 2.36. The summed E-state index contributed by atoms with van der Waals surface area (Å²) in [5, 5.41) is 7.79. The lowest BCUT2D eigenvalue weighted by Crippen LogP contribution is -1.99. The van der Waals surface area contributed by atoms with Gasteiger partial charge in [-0.1, -0.05) is 12.1 Å². The van der Waals surface area contributed by atoms with Crippen LogP contribution in [0.4, 0.5) is 5.69 Å². The number of pyridine rings is 1. The Balaban J connectivity index is 1.80. The summed E-state index contributed by atoms with van der Waals surface area (Å²) in [6.45, 7) is 2.91. The molecule has 4 heteroatoms. The number of hydrogen-bond acceptors (Lipinski definition) is 2. The summed E-state index contributed by atoms with van der Waals surface area (Å²) < 4.78 is 3.18. The fraction of sp³-hybridized carbons (Fsp3) is 0.133. The molecule has 0 radical (unpaired) electrons. The van der Waals surface area contributed by atoms with Crippen molar-refractivity contribution in [2.24, 2.45) is 0 Å². The number of anilines is 1. The van der Waals surface area contributed by atoms with E-state index >= 15 is 0 Å². The molecular weight excluding hydrogens is 349 g/mol. The predicted octanol–water partition coefficient (Wildman–Crippen LogP) is 3.86. The zero-order valence-corrected chi connectivity index (χ0v) is 12.8. The normalized spacial score (nSPS) is 10.8. The fourth-order valence-corrected chi connectivity index (χ4v) is 2.54. The van der Waals surface area contributed by atoms with E-state index in [1.165, 1.54) is 14.7 Å². The van der Waals surface area contributed by atoms with Crippen molar-refractivity contribution >= 4 is 33.8 Å². The number of nitrogens with zero attached hydrogens (tertiary/aromatic N) is 2. The zero-order valence-electron chi connectivity index (χ0n) is 10.6. The van der Waals surface area contributed by atoms with Gasteiger partial charge in [-0.3, -0.25) is 0 Å². The summed E-state index contributed by atoms with van der Waals surface area (Å²) in [6, 6.07) is 12.5. The maximum Gasteiger partial charge on any atom is 0.0711 e. The van der Waals surface area contributed by atoms with Crippen LogP contribution in [0.3, 0.4) is 0 Å². The van der Waals surface area contributed by atoms with E-state index in [1.807, 2.05) is 29.0 Å². The number of halogens is 1. The van der Waals surface area contributed by atoms with Crippen LogP contribution in [0.2, 0.25) is 0 Å². The molecule has 0 aliphatic rings. The van der Waals surface area contributed by atoms with E-state index < -0.39 is 0 Å². The van der Waals surface area contributed by atoms with Crippen molar-refractivity contribution in [1.82, 2.24) is 9.61 Å². The quantitative estimate of drug-likeness (QED) is 0.716. The molecule has 0 bridgehead atoms. The van der Waals surface area contributed by atoms with Gasteiger partial charge >= 0.3 is 0 Å². The van der Waals surface area contributed by atoms with Gasteiger partial charge in [0.05, 0.1) is 11.7 Å². The van der Waals surface area contributed by atoms with Crippen molar-refractivity contribution in [3.8, 4) is 0 Å². The second-order valence-electron chi connectivity index (χ2n) is 4.52. The monoisotopic (exact) mass is 363 g/mol. The first-order valence-corrected chi connectivity index (χ1v) is 7.23. The number of benzene rings is 1. The van der Waals surface area contributed by atoms with Crippen molar-refractivity contribution in [3.05, 3.63) is 63.5 Å². The Morgan fingerprint density at radius 3 is 3.00 bits per heavy atom. The molecule has 3 aromatic rings. The van der Waals surface area contributed by atoms with Crippen LogP contribution in [0.5, 0.6) is 0 Å². The molecule has 1 aromatic carbocycles. The molecule has 1 N–H and O–H groups in total. The van der Waals surface area contributed by atoms with Crippen molar-refractivity contribution in [2.45, 2.75) is 13.5 Å². The molecule has 0 saturated heterocycles. The Kier molecular flexibility index (Phi) is 3.42. The van der Waals surface area contributed by atoms with Gasteiger partial charge in [0.25, 0.3) is 0 Å². The molecule has 0 amide bonds. The summed E-state index contributed by atoms with van der Waals surface area (Å²) in [5.41, 5.74) is 4.81. The Labute approximate surface area is 125 Å². The van der Waals surface area contributed by atoms with Crippen LogP contribution < -0.4 is 5.32 Å². The molecule has 96 valence electrons. The molecule has 0 spiro atoms.